The van der Waals surface area contributed by atoms with Crippen LogP contribution in [0.1, 0.15) is 36.1 Å². The molecule has 0 saturated heterocycles. The fourth-order valence-electron chi connectivity index (χ4n) is 1.68. The Morgan fingerprint density at radius 2 is 2.00 bits per heavy atom. The van der Waals surface area contributed by atoms with Crippen molar-refractivity contribution in [3.63, 3.8) is 0 Å². The fourth-order valence-corrected chi connectivity index (χ4v) is 1.68. The van der Waals surface area contributed by atoms with Crippen molar-refractivity contribution in [3.8, 4) is 0 Å². The highest BCUT2D eigenvalue weighted by Crippen LogP contribution is 2.16. The van der Waals surface area contributed by atoms with Crippen LogP contribution in [0.25, 0.3) is 0 Å². The van der Waals surface area contributed by atoms with Gasteiger partial charge >= 0.3 is 0 Å². The lowest BCUT2D eigenvalue weighted by Crippen LogP contribution is -2.26. The molecule has 1 amide bonds. The first-order valence-corrected chi connectivity index (χ1v) is 6.05. The Labute approximate surface area is 104 Å². The quantitative estimate of drug-likeness (QED) is 0.819. The van der Waals surface area contributed by atoms with E-state index < -0.39 is 0 Å². The summed E-state index contributed by atoms with van der Waals surface area (Å²) in [5.41, 5.74) is 3.89. The van der Waals surface area contributed by atoms with Gasteiger partial charge in [-0.05, 0) is 37.5 Å². The number of nitrogens with one attached hydrogen (secondary N) is 2. The minimum Gasteiger partial charge on any atom is -0.359 e. The van der Waals surface area contributed by atoms with Crippen molar-refractivity contribution in [1.82, 2.24) is 10.6 Å². The SMILES string of the molecule is CNC(=O)CCNC(C)c1ccc(C)c(C)c1. The van der Waals surface area contributed by atoms with Gasteiger partial charge in [-0.25, -0.2) is 0 Å². The van der Waals surface area contributed by atoms with Crippen molar-refractivity contribution in [2.24, 2.45) is 0 Å². The van der Waals surface area contributed by atoms with Gasteiger partial charge in [0.25, 0.3) is 0 Å². The van der Waals surface area contributed by atoms with E-state index in [-0.39, 0.29) is 11.9 Å². The lowest BCUT2D eigenvalue weighted by Gasteiger charge is -2.15. The van der Waals surface area contributed by atoms with Gasteiger partial charge in [0.15, 0.2) is 0 Å². The van der Waals surface area contributed by atoms with Gasteiger partial charge in [-0.15, -0.1) is 0 Å². The average Bonchev–Trinajstić information content (AvgIpc) is 2.32. The molecule has 1 atom stereocenters. The molecule has 0 fully saturated rings. The maximum Gasteiger partial charge on any atom is 0.221 e. The molecule has 94 valence electrons. The molecule has 0 aliphatic carbocycles. The number of carbonyl (C=O) groups is 1. The minimum atomic E-state index is 0.0739. The molecule has 17 heavy (non-hydrogen) atoms. The molecule has 0 aliphatic rings. The van der Waals surface area contributed by atoms with E-state index in [0.717, 1.165) is 0 Å². The number of carbonyl (C=O) groups excluding carboxylic acids is 1. The average molecular weight is 234 g/mol. The molecule has 1 aromatic carbocycles. The summed E-state index contributed by atoms with van der Waals surface area (Å²) in [6.45, 7) is 7.06. The second-order valence-electron chi connectivity index (χ2n) is 4.44. The van der Waals surface area contributed by atoms with Crippen LogP contribution in [0, 0.1) is 13.8 Å². The van der Waals surface area contributed by atoms with E-state index in [2.05, 4.69) is 49.6 Å². The highest BCUT2D eigenvalue weighted by molar-refractivity contribution is 5.75. The zero-order chi connectivity index (χ0) is 12.8. The third-order valence-electron chi connectivity index (χ3n) is 3.11. The van der Waals surface area contributed by atoms with E-state index in [1.807, 2.05) is 0 Å². The maximum atomic E-state index is 11.1. The molecule has 1 aromatic rings. The summed E-state index contributed by atoms with van der Waals surface area (Å²) in [5.74, 6) is 0.0739. The van der Waals surface area contributed by atoms with Crippen molar-refractivity contribution < 1.29 is 4.79 Å². The van der Waals surface area contributed by atoms with E-state index in [1.54, 1.807) is 7.05 Å². The normalized spacial score (nSPS) is 12.2. The Kier molecular flexibility index (Phi) is 5.16. The number of amides is 1. The Bertz CT molecular complexity index is 388. The van der Waals surface area contributed by atoms with E-state index >= 15 is 0 Å². The number of benzene rings is 1. The van der Waals surface area contributed by atoms with E-state index in [1.165, 1.54) is 16.7 Å². The standard InChI is InChI=1S/C14H22N2O/c1-10-5-6-13(9-11(10)2)12(3)16-8-7-14(17)15-4/h5-6,9,12,16H,7-8H2,1-4H3,(H,15,17). The summed E-state index contributed by atoms with van der Waals surface area (Å²) < 4.78 is 0. The zero-order valence-electron chi connectivity index (χ0n) is 11.1. The van der Waals surface area contributed by atoms with Crippen LogP contribution in [-0.4, -0.2) is 19.5 Å². The van der Waals surface area contributed by atoms with Gasteiger partial charge in [-0.2, -0.15) is 0 Å². The predicted molar refractivity (Wildman–Crippen MR) is 71.0 cm³/mol. The van der Waals surface area contributed by atoms with Gasteiger partial charge in [0.05, 0.1) is 0 Å². The molecule has 2 N–H and O–H groups in total. The van der Waals surface area contributed by atoms with E-state index in [0.29, 0.717) is 13.0 Å². The molecule has 3 heteroatoms. The van der Waals surface area contributed by atoms with E-state index in [9.17, 15) is 4.79 Å². The van der Waals surface area contributed by atoms with Crippen LogP contribution in [0.2, 0.25) is 0 Å². The number of hydrogen-bond acceptors (Lipinski definition) is 2. The van der Waals surface area contributed by atoms with Crippen LogP contribution < -0.4 is 10.6 Å². The van der Waals surface area contributed by atoms with Gasteiger partial charge in [0, 0.05) is 26.1 Å². The molecule has 0 heterocycles. The molecule has 0 aromatic heterocycles. The number of aryl methyl sites for hydroxylation is 2. The molecular weight excluding hydrogens is 212 g/mol. The van der Waals surface area contributed by atoms with Crippen LogP contribution in [0.15, 0.2) is 18.2 Å². The summed E-state index contributed by atoms with van der Waals surface area (Å²) >= 11 is 0. The molecule has 3 nitrogen and oxygen atoms in total. The van der Waals surface area contributed by atoms with Crippen molar-refractivity contribution in [2.45, 2.75) is 33.2 Å². The molecule has 1 rings (SSSR count). The summed E-state index contributed by atoms with van der Waals surface area (Å²) in [6.07, 6.45) is 0.520. The fraction of sp³-hybridized carbons (Fsp3) is 0.500. The topological polar surface area (TPSA) is 41.1 Å². The monoisotopic (exact) mass is 234 g/mol. The van der Waals surface area contributed by atoms with Crippen molar-refractivity contribution in [3.05, 3.63) is 34.9 Å². The Morgan fingerprint density at radius 3 is 2.59 bits per heavy atom. The second-order valence-corrected chi connectivity index (χ2v) is 4.44. The van der Waals surface area contributed by atoms with Crippen LogP contribution >= 0.6 is 0 Å². The summed E-state index contributed by atoms with van der Waals surface area (Å²) in [6, 6.07) is 6.76. The lowest BCUT2D eigenvalue weighted by molar-refractivity contribution is -0.120. The van der Waals surface area contributed by atoms with Gasteiger partial charge < -0.3 is 10.6 Å². The number of rotatable bonds is 5. The van der Waals surface area contributed by atoms with Crippen LogP contribution in [0.5, 0.6) is 0 Å². The first-order valence-electron chi connectivity index (χ1n) is 6.05. The molecule has 0 radical (unpaired) electrons. The Balaban J connectivity index is 2.49. The third kappa shape index (κ3) is 4.19. The predicted octanol–water partition coefficient (Wildman–Crippen LogP) is 2.09. The highest BCUT2D eigenvalue weighted by Gasteiger charge is 2.06. The minimum absolute atomic E-state index is 0.0739. The highest BCUT2D eigenvalue weighted by atomic mass is 16.1. The lowest BCUT2D eigenvalue weighted by atomic mass is 10.0. The van der Waals surface area contributed by atoms with Crippen LogP contribution in [0.3, 0.4) is 0 Å². The molecular formula is C14H22N2O. The van der Waals surface area contributed by atoms with Gasteiger partial charge in [-0.1, -0.05) is 18.2 Å². The molecule has 0 saturated carbocycles. The smallest absolute Gasteiger partial charge is 0.221 e. The Morgan fingerprint density at radius 1 is 1.29 bits per heavy atom. The van der Waals surface area contributed by atoms with Crippen LogP contribution in [0.4, 0.5) is 0 Å². The van der Waals surface area contributed by atoms with Crippen molar-refractivity contribution in [1.29, 1.82) is 0 Å². The molecule has 0 spiro atoms. The summed E-state index contributed by atoms with van der Waals surface area (Å²) in [4.78, 5) is 11.1. The first kappa shape index (κ1) is 13.7. The summed E-state index contributed by atoms with van der Waals surface area (Å²) in [5, 5.41) is 5.97. The molecule has 1 unspecified atom stereocenters. The Hall–Kier alpha value is -1.35. The van der Waals surface area contributed by atoms with Crippen molar-refractivity contribution in [2.75, 3.05) is 13.6 Å². The van der Waals surface area contributed by atoms with Crippen molar-refractivity contribution >= 4 is 5.91 Å². The third-order valence-corrected chi connectivity index (χ3v) is 3.11. The number of hydrogen-bond donors (Lipinski definition) is 2. The van der Waals surface area contributed by atoms with Crippen LogP contribution in [-0.2, 0) is 4.79 Å². The maximum absolute atomic E-state index is 11.1. The zero-order valence-corrected chi connectivity index (χ0v) is 11.1. The van der Waals surface area contributed by atoms with Gasteiger partial charge in [0.2, 0.25) is 5.91 Å². The second kappa shape index (κ2) is 6.40. The van der Waals surface area contributed by atoms with Gasteiger partial charge in [-0.3, -0.25) is 4.79 Å². The van der Waals surface area contributed by atoms with Gasteiger partial charge in [0.1, 0.15) is 0 Å². The molecule has 0 aliphatic heterocycles. The first-order chi connectivity index (χ1) is 8.04. The molecule has 0 bridgehead atoms. The van der Waals surface area contributed by atoms with E-state index in [4.69, 9.17) is 0 Å². The summed E-state index contributed by atoms with van der Waals surface area (Å²) in [7, 11) is 1.66. The largest absolute Gasteiger partial charge is 0.359 e.